The third-order valence-electron chi connectivity index (χ3n) is 4.92. The molecule has 1 heterocycles. The van der Waals surface area contributed by atoms with Gasteiger partial charge in [-0.2, -0.15) is 0 Å². The first-order valence-electron chi connectivity index (χ1n) is 9.22. The Bertz CT molecular complexity index is 1130. The topological polar surface area (TPSA) is 71.1 Å². The molecule has 0 bridgehead atoms. The standard InChI is InChI=1S/C21H22BrClN4O2.2BrH/c1-14(28)25(2)11-4-12-26-20-17(23)5-3-6-18(20)27(21(26)24)13-19(29)15-7-9-16(22)10-8-15;;/h3,5-10,24H,4,11-13H2,1-2H3;2*1H. The van der Waals surface area contributed by atoms with E-state index in [0.717, 1.165) is 15.5 Å². The molecule has 0 spiro atoms. The highest BCUT2D eigenvalue weighted by Gasteiger charge is 2.17. The number of hydrogen-bond donors (Lipinski definition) is 1. The van der Waals surface area contributed by atoms with Crippen LogP contribution in [0.5, 0.6) is 0 Å². The second kappa shape index (κ2) is 12.0. The molecular formula is C21H24Br3ClN4O2. The molecule has 0 fully saturated rings. The maximum absolute atomic E-state index is 12.8. The Morgan fingerprint density at radius 3 is 2.35 bits per heavy atom. The number of ketones is 1. The van der Waals surface area contributed by atoms with Crippen LogP contribution in [-0.4, -0.2) is 39.3 Å². The van der Waals surface area contributed by atoms with E-state index in [1.54, 1.807) is 39.3 Å². The quantitative estimate of drug-likeness (QED) is 0.359. The van der Waals surface area contributed by atoms with E-state index >= 15 is 0 Å². The zero-order chi connectivity index (χ0) is 21.1. The third-order valence-corrected chi connectivity index (χ3v) is 5.75. The van der Waals surface area contributed by atoms with Crippen LogP contribution in [-0.2, 0) is 17.9 Å². The number of aryl methyl sites for hydroxylation is 1. The Labute approximate surface area is 215 Å². The fraction of sp³-hybridized carbons (Fsp3) is 0.286. The number of carbonyl (C=O) groups excluding carboxylic acids is 2. The highest BCUT2D eigenvalue weighted by molar-refractivity contribution is 9.10. The monoisotopic (exact) mass is 636 g/mol. The third kappa shape index (κ3) is 6.31. The summed E-state index contributed by atoms with van der Waals surface area (Å²) >= 11 is 9.81. The maximum atomic E-state index is 12.8. The summed E-state index contributed by atoms with van der Waals surface area (Å²) in [5.41, 5.74) is 2.27. The van der Waals surface area contributed by atoms with E-state index in [-0.39, 0.29) is 57.8 Å². The summed E-state index contributed by atoms with van der Waals surface area (Å²) in [4.78, 5) is 25.8. The molecule has 1 aromatic heterocycles. The molecule has 0 saturated carbocycles. The summed E-state index contributed by atoms with van der Waals surface area (Å²) in [6, 6.07) is 12.6. The van der Waals surface area contributed by atoms with Crippen LogP contribution in [0.4, 0.5) is 0 Å². The fourth-order valence-electron chi connectivity index (χ4n) is 3.23. The van der Waals surface area contributed by atoms with Crippen molar-refractivity contribution >= 4 is 84.2 Å². The Hall–Kier alpha value is -1.42. The Morgan fingerprint density at radius 1 is 1.10 bits per heavy atom. The van der Waals surface area contributed by atoms with E-state index in [4.69, 9.17) is 17.0 Å². The molecule has 2 aromatic carbocycles. The van der Waals surface area contributed by atoms with Gasteiger partial charge in [0.15, 0.2) is 5.78 Å². The van der Waals surface area contributed by atoms with Gasteiger partial charge >= 0.3 is 0 Å². The second-order valence-electron chi connectivity index (χ2n) is 6.89. The number of fused-ring (bicyclic) bond motifs is 1. The lowest BCUT2D eigenvalue weighted by Crippen LogP contribution is -2.29. The predicted octanol–water partition coefficient (Wildman–Crippen LogP) is 5.25. The minimum atomic E-state index is -0.0775. The van der Waals surface area contributed by atoms with Crippen molar-refractivity contribution < 1.29 is 9.59 Å². The van der Waals surface area contributed by atoms with E-state index in [1.807, 2.05) is 24.3 Å². The number of rotatable bonds is 7. The first-order valence-corrected chi connectivity index (χ1v) is 10.4. The first-order chi connectivity index (χ1) is 13.8. The van der Waals surface area contributed by atoms with Crippen molar-refractivity contribution in [3.63, 3.8) is 0 Å². The molecule has 0 saturated heterocycles. The van der Waals surface area contributed by atoms with E-state index in [2.05, 4.69) is 15.9 Å². The van der Waals surface area contributed by atoms with Gasteiger partial charge in [-0.25, -0.2) is 0 Å². The van der Waals surface area contributed by atoms with E-state index in [0.29, 0.717) is 30.1 Å². The molecule has 0 atom stereocenters. The highest BCUT2D eigenvalue weighted by Crippen LogP contribution is 2.23. The van der Waals surface area contributed by atoms with Crippen LogP contribution in [0.25, 0.3) is 11.0 Å². The number of benzene rings is 2. The smallest absolute Gasteiger partial charge is 0.219 e. The maximum Gasteiger partial charge on any atom is 0.219 e. The van der Waals surface area contributed by atoms with Crippen LogP contribution in [0, 0.1) is 5.41 Å². The van der Waals surface area contributed by atoms with Gasteiger partial charge in [-0.1, -0.05) is 45.7 Å². The minimum absolute atomic E-state index is 0. The number of imidazole rings is 1. The van der Waals surface area contributed by atoms with Gasteiger partial charge in [-0.05, 0) is 30.7 Å². The number of nitrogens with one attached hydrogen (secondary N) is 1. The van der Waals surface area contributed by atoms with Crippen LogP contribution in [0.2, 0.25) is 5.02 Å². The van der Waals surface area contributed by atoms with Crippen LogP contribution in [0.3, 0.4) is 0 Å². The summed E-state index contributed by atoms with van der Waals surface area (Å²) < 4.78 is 4.39. The molecule has 31 heavy (non-hydrogen) atoms. The van der Waals surface area contributed by atoms with Gasteiger partial charge in [0.25, 0.3) is 0 Å². The van der Waals surface area contributed by atoms with Crippen molar-refractivity contribution in [3.05, 3.63) is 63.1 Å². The lowest BCUT2D eigenvalue weighted by atomic mass is 10.1. The molecule has 3 rings (SSSR count). The van der Waals surface area contributed by atoms with Crippen LogP contribution < -0.4 is 5.62 Å². The van der Waals surface area contributed by atoms with Gasteiger partial charge in [0, 0.05) is 37.1 Å². The largest absolute Gasteiger partial charge is 0.346 e. The number of hydrogen-bond acceptors (Lipinski definition) is 3. The second-order valence-corrected chi connectivity index (χ2v) is 8.22. The van der Waals surface area contributed by atoms with Gasteiger partial charge in [0.05, 0.1) is 22.6 Å². The predicted molar refractivity (Wildman–Crippen MR) is 138 cm³/mol. The number of aromatic nitrogens is 2. The molecule has 1 N–H and O–H groups in total. The Kier molecular flexibility index (Phi) is 10.7. The molecule has 10 heteroatoms. The van der Waals surface area contributed by atoms with Gasteiger partial charge in [-0.3, -0.25) is 15.0 Å². The van der Waals surface area contributed by atoms with Gasteiger partial charge in [-0.15, -0.1) is 34.0 Å². The van der Waals surface area contributed by atoms with Crippen molar-refractivity contribution in [2.24, 2.45) is 0 Å². The highest BCUT2D eigenvalue weighted by atomic mass is 79.9. The molecule has 0 aliphatic heterocycles. The van der Waals surface area contributed by atoms with Crippen LogP contribution in [0.1, 0.15) is 23.7 Å². The minimum Gasteiger partial charge on any atom is -0.346 e. The summed E-state index contributed by atoms with van der Waals surface area (Å²) in [5, 5.41) is 9.19. The van der Waals surface area contributed by atoms with E-state index in [9.17, 15) is 9.59 Å². The Balaban J connectivity index is 0.00000240. The fourth-order valence-corrected chi connectivity index (χ4v) is 3.76. The van der Waals surface area contributed by atoms with E-state index in [1.165, 1.54) is 6.92 Å². The lowest BCUT2D eigenvalue weighted by Gasteiger charge is -2.14. The van der Waals surface area contributed by atoms with Gasteiger partial charge < -0.3 is 14.0 Å². The molecule has 1 amide bonds. The average molecular weight is 640 g/mol. The molecule has 0 aliphatic rings. The summed E-state index contributed by atoms with van der Waals surface area (Å²) in [5.74, 6) is -0.0759. The number of halogens is 4. The van der Waals surface area contributed by atoms with Crippen molar-refractivity contribution in [2.75, 3.05) is 13.6 Å². The summed E-state index contributed by atoms with van der Waals surface area (Å²) in [7, 11) is 1.75. The van der Waals surface area contributed by atoms with Crippen molar-refractivity contribution in [1.29, 1.82) is 5.41 Å². The number of para-hydroxylation sites is 1. The number of nitrogens with zero attached hydrogens (tertiary/aromatic N) is 3. The molecule has 3 aromatic rings. The van der Waals surface area contributed by atoms with Crippen molar-refractivity contribution in [3.8, 4) is 0 Å². The average Bonchev–Trinajstić information content (AvgIpc) is 2.95. The van der Waals surface area contributed by atoms with Crippen molar-refractivity contribution in [1.82, 2.24) is 14.0 Å². The zero-order valence-electron chi connectivity index (χ0n) is 17.1. The number of amides is 1. The van der Waals surface area contributed by atoms with Gasteiger partial charge in [0.2, 0.25) is 11.5 Å². The number of carbonyl (C=O) groups is 2. The van der Waals surface area contributed by atoms with Crippen LogP contribution in [0.15, 0.2) is 46.9 Å². The molecule has 6 nitrogen and oxygen atoms in total. The molecule has 168 valence electrons. The van der Waals surface area contributed by atoms with Crippen LogP contribution >= 0.6 is 61.5 Å². The van der Waals surface area contributed by atoms with Crippen molar-refractivity contribution in [2.45, 2.75) is 26.4 Å². The lowest BCUT2D eigenvalue weighted by molar-refractivity contribution is -0.127. The molecular weight excluding hydrogens is 615 g/mol. The zero-order valence-corrected chi connectivity index (χ0v) is 22.9. The SMILES string of the molecule is Br.Br.CC(=O)N(C)CCCn1c(=N)n(CC(=O)c2ccc(Br)cc2)c2cccc(Cl)c21. The molecule has 0 unspecified atom stereocenters. The summed E-state index contributed by atoms with van der Waals surface area (Å²) in [6.07, 6.45) is 0.678. The summed E-state index contributed by atoms with van der Waals surface area (Å²) in [6.45, 7) is 2.68. The van der Waals surface area contributed by atoms with Gasteiger partial charge in [0.1, 0.15) is 0 Å². The van der Waals surface area contributed by atoms with E-state index < -0.39 is 0 Å². The first kappa shape index (κ1) is 27.6. The number of Topliss-reactive ketones (excluding diaryl/α,β-unsaturated/α-hetero) is 1. The molecule has 0 aliphatic carbocycles. The molecule has 0 radical (unpaired) electrons. The normalized spacial score (nSPS) is 10.3. The Morgan fingerprint density at radius 2 is 1.74 bits per heavy atom.